The van der Waals surface area contributed by atoms with E-state index in [1.54, 1.807) is 0 Å². The summed E-state index contributed by atoms with van der Waals surface area (Å²) in [5.41, 5.74) is -0.484. The van der Waals surface area contributed by atoms with Crippen molar-refractivity contribution < 1.29 is 26.1 Å². The number of hydrogen-bond donors (Lipinski definition) is 0. The summed E-state index contributed by atoms with van der Waals surface area (Å²) in [7, 11) is -3.32. The maximum Gasteiger partial charge on any atom is 0.416 e. The van der Waals surface area contributed by atoms with Gasteiger partial charge in [0.25, 0.3) is 0 Å². The topological polar surface area (TPSA) is 73.1 Å². The zero-order chi connectivity index (χ0) is 15.0. The zero-order valence-corrected chi connectivity index (χ0v) is 11.0. The monoisotopic (exact) mass is 306 g/mol. The number of sulfone groups is 1. The maximum atomic E-state index is 12.4. The molecular formula is C11H9F3N2O3S. The van der Waals surface area contributed by atoms with Gasteiger partial charge in [0.2, 0.25) is 11.7 Å². The first-order valence-electron chi connectivity index (χ1n) is 5.33. The second-order valence-corrected chi connectivity index (χ2v) is 6.30. The van der Waals surface area contributed by atoms with Crippen LogP contribution in [0.1, 0.15) is 11.5 Å². The van der Waals surface area contributed by atoms with Gasteiger partial charge in [-0.25, -0.2) is 8.42 Å². The van der Waals surface area contributed by atoms with E-state index in [4.69, 9.17) is 4.52 Å². The standard InChI is InChI=1S/C11H9F3N2O3S/c1-20(17,18)6-9-15-10(16-19-9)7-2-4-8(5-3-7)11(12,13)14/h2-5H,6H2,1H3. The molecule has 0 atom stereocenters. The van der Waals surface area contributed by atoms with Crippen molar-refractivity contribution in [3.05, 3.63) is 35.7 Å². The number of rotatable bonds is 3. The summed E-state index contributed by atoms with van der Waals surface area (Å²) in [6, 6.07) is 4.17. The van der Waals surface area contributed by atoms with Gasteiger partial charge in [-0.2, -0.15) is 18.2 Å². The highest BCUT2D eigenvalue weighted by molar-refractivity contribution is 7.89. The molecule has 0 saturated carbocycles. The predicted octanol–water partition coefficient (Wildman–Crippen LogP) is 2.30. The molecule has 0 fully saturated rings. The molecule has 0 amide bonds. The van der Waals surface area contributed by atoms with Crippen LogP contribution in [-0.4, -0.2) is 24.8 Å². The number of nitrogens with zero attached hydrogens (tertiary/aromatic N) is 2. The minimum atomic E-state index is -4.42. The van der Waals surface area contributed by atoms with Crippen molar-refractivity contribution in [3.63, 3.8) is 0 Å². The van der Waals surface area contributed by atoms with Crippen LogP contribution in [0.3, 0.4) is 0 Å². The van der Waals surface area contributed by atoms with Gasteiger partial charge in [-0.3, -0.25) is 0 Å². The molecule has 5 nitrogen and oxygen atoms in total. The number of alkyl halides is 3. The molecule has 0 aliphatic heterocycles. The van der Waals surface area contributed by atoms with Gasteiger partial charge in [0.05, 0.1) is 5.56 Å². The molecular weight excluding hydrogens is 297 g/mol. The molecule has 1 heterocycles. The molecule has 0 radical (unpaired) electrons. The van der Waals surface area contributed by atoms with Crippen LogP contribution in [0.5, 0.6) is 0 Å². The van der Waals surface area contributed by atoms with Gasteiger partial charge in [-0.1, -0.05) is 17.3 Å². The first-order chi connectivity index (χ1) is 9.15. The van der Waals surface area contributed by atoms with Gasteiger partial charge in [-0.15, -0.1) is 0 Å². The molecule has 0 unspecified atom stereocenters. The number of benzene rings is 1. The van der Waals surface area contributed by atoms with Crippen LogP contribution in [-0.2, 0) is 21.8 Å². The van der Waals surface area contributed by atoms with Crippen molar-refractivity contribution in [3.8, 4) is 11.4 Å². The van der Waals surface area contributed by atoms with Gasteiger partial charge < -0.3 is 4.52 Å². The van der Waals surface area contributed by atoms with E-state index in [0.29, 0.717) is 5.56 Å². The smallest absolute Gasteiger partial charge is 0.338 e. The van der Waals surface area contributed by atoms with Crippen LogP contribution in [0, 0.1) is 0 Å². The molecule has 0 saturated heterocycles. The van der Waals surface area contributed by atoms with E-state index in [1.165, 1.54) is 12.1 Å². The Kier molecular flexibility index (Phi) is 3.55. The lowest BCUT2D eigenvalue weighted by molar-refractivity contribution is -0.137. The fourth-order valence-corrected chi connectivity index (χ4v) is 2.03. The van der Waals surface area contributed by atoms with Crippen molar-refractivity contribution >= 4 is 9.84 Å². The summed E-state index contributed by atoms with van der Waals surface area (Å²) >= 11 is 0. The number of aromatic nitrogens is 2. The molecule has 2 rings (SSSR count). The summed E-state index contributed by atoms with van der Waals surface area (Å²) < 4.78 is 64.0. The highest BCUT2D eigenvalue weighted by Crippen LogP contribution is 2.30. The molecule has 9 heteroatoms. The third kappa shape index (κ3) is 3.56. The Bertz CT molecular complexity index is 705. The summed E-state index contributed by atoms with van der Waals surface area (Å²) in [6.07, 6.45) is -3.41. The van der Waals surface area contributed by atoms with Crippen molar-refractivity contribution in [1.29, 1.82) is 0 Å². The van der Waals surface area contributed by atoms with E-state index in [1.807, 2.05) is 0 Å². The largest absolute Gasteiger partial charge is 0.416 e. The summed E-state index contributed by atoms with van der Waals surface area (Å²) in [5, 5.41) is 3.53. The Labute approximate surface area is 112 Å². The van der Waals surface area contributed by atoms with Crippen LogP contribution in [0.25, 0.3) is 11.4 Å². The van der Waals surface area contributed by atoms with Crippen LogP contribution < -0.4 is 0 Å². The van der Waals surface area contributed by atoms with E-state index < -0.39 is 27.3 Å². The quantitative estimate of drug-likeness (QED) is 0.870. The summed E-state index contributed by atoms with van der Waals surface area (Å²) in [5.74, 6) is -0.486. The lowest BCUT2D eigenvalue weighted by Gasteiger charge is -2.05. The van der Waals surface area contributed by atoms with Crippen LogP contribution >= 0.6 is 0 Å². The van der Waals surface area contributed by atoms with Crippen molar-refractivity contribution in [2.45, 2.75) is 11.9 Å². The first kappa shape index (κ1) is 14.5. The van der Waals surface area contributed by atoms with Gasteiger partial charge in [-0.05, 0) is 12.1 Å². The lowest BCUT2D eigenvalue weighted by atomic mass is 10.1. The Morgan fingerprint density at radius 2 is 1.80 bits per heavy atom. The van der Waals surface area contributed by atoms with Gasteiger partial charge in [0.15, 0.2) is 9.84 Å². The predicted molar refractivity (Wildman–Crippen MR) is 63.3 cm³/mol. The second-order valence-electron chi connectivity index (χ2n) is 4.16. The Balaban J connectivity index is 2.25. The van der Waals surface area contributed by atoms with E-state index in [0.717, 1.165) is 18.4 Å². The Morgan fingerprint density at radius 1 is 1.20 bits per heavy atom. The minimum absolute atomic E-state index is 0.0392. The normalized spacial score (nSPS) is 12.6. The molecule has 0 aliphatic rings. The van der Waals surface area contributed by atoms with E-state index in [2.05, 4.69) is 10.1 Å². The molecule has 0 bridgehead atoms. The molecule has 20 heavy (non-hydrogen) atoms. The van der Waals surface area contributed by atoms with Crippen molar-refractivity contribution in [2.75, 3.05) is 6.26 Å². The molecule has 0 N–H and O–H groups in total. The minimum Gasteiger partial charge on any atom is -0.338 e. The second kappa shape index (κ2) is 4.89. The van der Waals surface area contributed by atoms with Crippen molar-refractivity contribution in [2.24, 2.45) is 0 Å². The zero-order valence-electron chi connectivity index (χ0n) is 10.2. The van der Waals surface area contributed by atoms with Gasteiger partial charge in [0, 0.05) is 11.8 Å². The summed E-state index contributed by atoms with van der Waals surface area (Å²) in [4.78, 5) is 3.82. The van der Waals surface area contributed by atoms with E-state index >= 15 is 0 Å². The molecule has 108 valence electrons. The fourth-order valence-electron chi connectivity index (χ4n) is 1.46. The average Bonchev–Trinajstić information content (AvgIpc) is 2.74. The van der Waals surface area contributed by atoms with E-state index in [9.17, 15) is 21.6 Å². The molecule has 2 aromatic rings. The van der Waals surface area contributed by atoms with Crippen LogP contribution in [0.2, 0.25) is 0 Å². The SMILES string of the molecule is CS(=O)(=O)Cc1nc(-c2ccc(C(F)(F)F)cc2)no1. The molecule has 0 aliphatic carbocycles. The van der Waals surface area contributed by atoms with Crippen LogP contribution in [0.4, 0.5) is 13.2 Å². The molecule has 1 aromatic heterocycles. The maximum absolute atomic E-state index is 12.4. The lowest BCUT2D eigenvalue weighted by Crippen LogP contribution is -2.04. The Hall–Kier alpha value is -1.90. The fraction of sp³-hybridized carbons (Fsp3) is 0.273. The number of hydrogen-bond acceptors (Lipinski definition) is 5. The Morgan fingerprint density at radius 3 is 2.30 bits per heavy atom. The third-order valence-corrected chi connectivity index (χ3v) is 3.10. The highest BCUT2D eigenvalue weighted by atomic mass is 32.2. The number of halogens is 3. The average molecular weight is 306 g/mol. The molecule has 0 spiro atoms. The highest BCUT2D eigenvalue weighted by Gasteiger charge is 2.30. The van der Waals surface area contributed by atoms with Gasteiger partial charge in [0.1, 0.15) is 5.75 Å². The summed E-state index contributed by atoms with van der Waals surface area (Å²) in [6.45, 7) is 0. The van der Waals surface area contributed by atoms with E-state index in [-0.39, 0.29) is 11.7 Å². The molecule has 1 aromatic carbocycles. The first-order valence-corrected chi connectivity index (χ1v) is 7.39. The van der Waals surface area contributed by atoms with Crippen molar-refractivity contribution in [1.82, 2.24) is 10.1 Å². The van der Waals surface area contributed by atoms with Gasteiger partial charge >= 0.3 is 6.18 Å². The van der Waals surface area contributed by atoms with Crippen LogP contribution in [0.15, 0.2) is 28.8 Å². The third-order valence-electron chi connectivity index (χ3n) is 2.32.